The number of aryl methyl sites for hydroxylation is 1. The first kappa shape index (κ1) is 13.8. The van der Waals surface area contributed by atoms with Gasteiger partial charge in [0.05, 0.1) is 17.3 Å². The molecule has 3 rings (SSSR count). The summed E-state index contributed by atoms with van der Waals surface area (Å²) in [6, 6.07) is 13.0. The summed E-state index contributed by atoms with van der Waals surface area (Å²) in [6.07, 6.45) is 3.07. The van der Waals surface area contributed by atoms with Gasteiger partial charge in [-0.2, -0.15) is 5.26 Å². The minimum Gasteiger partial charge on any atom is -0.508 e. The third-order valence-corrected chi connectivity index (χ3v) is 4.11. The van der Waals surface area contributed by atoms with Crippen LogP contribution in [0.15, 0.2) is 36.4 Å². The lowest BCUT2D eigenvalue weighted by Crippen LogP contribution is -2.17. The molecule has 1 aliphatic rings. The van der Waals surface area contributed by atoms with Crippen LogP contribution < -0.4 is 5.32 Å². The predicted octanol–water partition coefficient (Wildman–Crippen LogP) is 4.41. The summed E-state index contributed by atoms with van der Waals surface area (Å²) in [6.45, 7) is 0. The summed E-state index contributed by atoms with van der Waals surface area (Å²) in [5.41, 5.74) is 3.67. The van der Waals surface area contributed by atoms with E-state index in [0.29, 0.717) is 10.6 Å². The Labute approximate surface area is 128 Å². The first-order valence-corrected chi connectivity index (χ1v) is 7.33. The first-order valence-electron chi connectivity index (χ1n) is 6.95. The molecule has 0 heterocycles. The highest BCUT2D eigenvalue weighted by Crippen LogP contribution is 2.35. The minimum absolute atomic E-state index is 0.0893. The van der Waals surface area contributed by atoms with E-state index in [1.807, 2.05) is 12.1 Å². The van der Waals surface area contributed by atoms with Gasteiger partial charge in [-0.15, -0.1) is 0 Å². The van der Waals surface area contributed by atoms with Gasteiger partial charge in [0, 0.05) is 5.02 Å². The van der Waals surface area contributed by atoms with Crippen LogP contribution in [0, 0.1) is 11.3 Å². The van der Waals surface area contributed by atoms with Gasteiger partial charge in [0.25, 0.3) is 0 Å². The van der Waals surface area contributed by atoms with Crippen molar-refractivity contribution >= 4 is 17.3 Å². The predicted molar refractivity (Wildman–Crippen MR) is 83.6 cm³/mol. The molecule has 1 aliphatic carbocycles. The number of benzene rings is 2. The number of hydrogen-bond acceptors (Lipinski definition) is 3. The van der Waals surface area contributed by atoms with E-state index in [9.17, 15) is 10.4 Å². The fraction of sp³-hybridized carbons (Fsp3) is 0.235. The number of rotatable bonds is 2. The van der Waals surface area contributed by atoms with Crippen LogP contribution in [-0.4, -0.2) is 5.11 Å². The Hall–Kier alpha value is -2.18. The van der Waals surface area contributed by atoms with Crippen molar-refractivity contribution in [2.24, 2.45) is 0 Å². The quantitative estimate of drug-likeness (QED) is 0.863. The largest absolute Gasteiger partial charge is 0.508 e. The highest BCUT2D eigenvalue weighted by Gasteiger charge is 2.21. The Kier molecular flexibility index (Phi) is 3.72. The average molecular weight is 299 g/mol. The van der Waals surface area contributed by atoms with E-state index < -0.39 is 0 Å². The molecule has 0 spiro atoms. The molecular formula is C17H15ClN2O. The Morgan fingerprint density at radius 1 is 1.24 bits per heavy atom. The standard InChI is InChI=1S/C17H15ClN2O/c18-13-6-4-12(10-19)17(8-13)20-16-3-1-2-11-5-7-14(21)9-15(11)16/h4-9,16,20-21H,1-3H2. The molecule has 0 radical (unpaired) electrons. The van der Waals surface area contributed by atoms with Gasteiger partial charge in [-0.3, -0.25) is 0 Å². The van der Waals surface area contributed by atoms with Crippen LogP contribution in [0.4, 0.5) is 5.69 Å². The van der Waals surface area contributed by atoms with Crippen molar-refractivity contribution in [3.8, 4) is 11.8 Å². The number of phenolic OH excluding ortho intramolecular Hbond substituents is 1. The SMILES string of the molecule is N#Cc1ccc(Cl)cc1NC1CCCc2ccc(O)cc21. The zero-order valence-corrected chi connectivity index (χ0v) is 12.2. The zero-order chi connectivity index (χ0) is 14.8. The van der Waals surface area contributed by atoms with Crippen molar-refractivity contribution in [1.82, 2.24) is 0 Å². The van der Waals surface area contributed by atoms with Crippen LogP contribution in [0.2, 0.25) is 5.02 Å². The smallest absolute Gasteiger partial charge is 0.115 e. The molecule has 1 atom stereocenters. The summed E-state index contributed by atoms with van der Waals surface area (Å²) >= 11 is 6.03. The number of fused-ring (bicyclic) bond motifs is 1. The lowest BCUT2D eigenvalue weighted by atomic mass is 9.87. The number of phenols is 1. The molecule has 106 valence electrons. The molecule has 0 saturated carbocycles. The van der Waals surface area contributed by atoms with Gasteiger partial charge in [0.2, 0.25) is 0 Å². The van der Waals surface area contributed by atoms with Crippen LogP contribution in [0.1, 0.15) is 35.6 Å². The summed E-state index contributed by atoms with van der Waals surface area (Å²) in [5.74, 6) is 0.272. The molecule has 1 unspecified atom stereocenters. The minimum atomic E-state index is 0.0893. The highest BCUT2D eigenvalue weighted by atomic mass is 35.5. The average Bonchev–Trinajstić information content (AvgIpc) is 2.48. The van der Waals surface area contributed by atoms with Crippen LogP contribution in [-0.2, 0) is 6.42 Å². The van der Waals surface area contributed by atoms with Gasteiger partial charge in [-0.1, -0.05) is 17.7 Å². The monoisotopic (exact) mass is 298 g/mol. The van der Waals surface area contributed by atoms with Gasteiger partial charge < -0.3 is 10.4 Å². The van der Waals surface area contributed by atoms with E-state index in [1.54, 1.807) is 24.3 Å². The van der Waals surface area contributed by atoms with Crippen molar-refractivity contribution in [3.63, 3.8) is 0 Å². The number of nitrogens with one attached hydrogen (secondary N) is 1. The number of hydrogen-bond donors (Lipinski definition) is 2. The van der Waals surface area contributed by atoms with E-state index >= 15 is 0 Å². The van der Waals surface area contributed by atoms with E-state index in [2.05, 4.69) is 11.4 Å². The summed E-state index contributed by atoms with van der Waals surface area (Å²) in [5, 5.41) is 22.9. The first-order chi connectivity index (χ1) is 10.2. The van der Waals surface area contributed by atoms with Crippen LogP contribution in [0.3, 0.4) is 0 Å². The maximum Gasteiger partial charge on any atom is 0.115 e. The fourth-order valence-electron chi connectivity index (χ4n) is 2.86. The molecule has 0 bridgehead atoms. The molecular weight excluding hydrogens is 284 g/mol. The fourth-order valence-corrected chi connectivity index (χ4v) is 3.03. The Morgan fingerprint density at radius 2 is 2.10 bits per heavy atom. The number of nitriles is 1. The topological polar surface area (TPSA) is 56.0 Å². The van der Waals surface area contributed by atoms with E-state index in [0.717, 1.165) is 30.5 Å². The summed E-state index contributed by atoms with van der Waals surface area (Å²) < 4.78 is 0. The number of anilines is 1. The second-order valence-corrected chi connectivity index (χ2v) is 5.71. The molecule has 0 aliphatic heterocycles. The zero-order valence-electron chi connectivity index (χ0n) is 11.4. The molecule has 21 heavy (non-hydrogen) atoms. The second kappa shape index (κ2) is 5.67. The third kappa shape index (κ3) is 2.81. The molecule has 2 aromatic rings. The number of halogens is 1. The van der Waals surface area contributed by atoms with E-state index in [4.69, 9.17) is 11.6 Å². The van der Waals surface area contributed by atoms with Crippen LogP contribution >= 0.6 is 11.6 Å². The van der Waals surface area contributed by atoms with Gasteiger partial charge >= 0.3 is 0 Å². The molecule has 0 fully saturated rings. The molecule has 0 amide bonds. The van der Waals surface area contributed by atoms with Gasteiger partial charge in [0.1, 0.15) is 11.8 Å². The van der Waals surface area contributed by atoms with Gasteiger partial charge in [-0.25, -0.2) is 0 Å². The second-order valence-electron chi connectivity index (χ2n) is 5.27. The molecule has 2 aromatic carbocycles. The lowest BCUT2D eigenvalue weighted by molar-refractivity contribution is 0.471. The molecule has 2 N–H and O–H groups in total. The van der Waals surface area contributed by atoms with Crippen molar-refractivity contribution < 1.29 is 5.11 Å². The van der Waals surface area contributed by atoms with Crippen molar-refractivity contribution in [2.45, 2.75) is 25.3 Å². The highest BCUT2D eigenvalue weighted by molar-refractivity contribution is 6.30. The summed E-state index contributed by atoms with van der Waals surface area (Å²) in [4.78, 5) is 0. The number of nitrogens with zero attached hydrogens (tertiary/aromatic N) is 1. The molecule has 3 nitrogen and oxygen atoms in total. The van der Waals surface area contributed by atoms with Gasteiger partial charge in [-0.05, 0) is 60.7 Å². The van der Waals surface area contributed by atoms with E-state index in [-0.39, 0.29) is 11.8 Å². The molecule has 0 saturated heterocycles. The Morgan fingerprint density at radius 3 is 2.90 bits per heavy atom. The maximum absolute atomic E-state index is 9.72. The lowest BCUT2D eigenvalue weighted by Gasteiger charge is -2.27. The third-order valence-electron chi connectivity index (χ3n) is 3.88. The Bertz CT molecular complexity index is 721. The molecule has 0 aromatic heterocycles. The van der Waals surface area contributed by atoms with E-state index in [1.165, 1.54) is 5.56 Å². The van der Waals surface area contributed by atoms with Crippen molar-refractivity contribution in [2.75, 3.05) is 5.32 Å². The van der Waals surface area contributed by atoms with Crippen LogP contribution in [0.25, 0.3) is 0 Å². The van der Waals surface area contributed by atoms with Crippen LogP contribution in [0.5, 0.6) is 5.75 Å². The normalized spacial score (nSPS) is 16.9. The molecule has 4 heteroatoms. The van der Waals surface area contributed by atoms with Crippen molar-refractivity contribution in [1.29, 1.82) is 5.26 Å². The number of aromatic hydroxyl groups is 1. The maximum atomic E-state index is 9.72. The van der Waals surface area contributed by atoms with Crippen molar-refractivity contribution in [3.05, 3.63) is 58.1 Å². The summed E-state index contributed by atoms with van der Waals surface area (Å²) in [7, 11) is 0. The Balaban J connectivity index is 1.96. The van der Waals surface area contributed by atoms with Gasteiger partial charge in [0.15, 0.2) is 0 Å².